The number of imidazole rings is 1. The highest BCUT2D eigenvalue weighted by atomic mass is 127. The van der Waals surface area contributed by atoms with E-state index in [9.17, 15) is 0 Å². The third-order valence-corrected chi connectivity index (χ3v) is 4.11. The first-order valence-corrected chi connectivity index (χ1v) is 6.88. The second kappa shape index (κ2) is 6.15. The third kappa shape index (κ3) is 2.96. The Morgan fingerprint density at radius 3 is 2.90 bits per heavy atom. The highest BCUT2D eigenvalue weighted by molar-refractivity contribution is 5.71. The fraction of sp³-hybridized carbons (Fsp3) is 0.235. The number of nitrogens with one attached hydrogen (secondary N) is 1. The van der Waals surface area contributed by atoms with Gasteiger partial charge in [-0.15, -0.1) is 0 Å². The van der Waals surface area contributed by atoms with Gasteiger partial charge < -0.3 is 29.7 Å². The van der Waals surface area contributed by atoms with Gasteiger partial charge in [-0.1, -0.05) is 42.9 Å². The second-order valence-electron chi connectivity index (χ2n) is 5.63. The predicted octanol–water partition coefficient (Wildman–Crippen LogP) is -0.220. The molecule has 0 saturated carbocycles. The number of halogens is 1. The van der Waals surface area contributed by atoms with Gasteiger partial charge in [-0.25, -0.2) is 9.55 Å². The van der Waals surface area contributed by atoms with Gasteiger partial charge in [0.2, 0.25) is 6.33 Å². The van der Waals surface area contributed by atoms with E-state index in [1.165, 1.54) is 5.57 Å². The Balaban J connectivity index is 0.00000161. The molecule has 2 atom stereocenters. The van der Waals surface area contributed by atoms with Crippen molar-refractivity contribution in [3.63, 3.8) is 0 Å². The number of hydrogen-bond acceptors (Lipinski definition) is 1. The summed E-state index contributed by atoms with van der Waals surface area (Å²) in [6, 6.07) is 8.26. The van der Waals surface area contributed by atoms with Gasteiger partial charge in [-0.05, 0) is 25.1 Å². The lowest BCUT2D eigenvalue weighted by Crippen LogP contribution is -3.00. The predicted molar refractivity (Wildman–Crippen MR) is 82.8 cm³/mol. The minimum atomic E-state index is -0.149. The molecule has 4 heteroatoms. The maximum atomic E-state index is 6.32. The van der Waals surface area contributed by atoms with Crippen LogP contribution in [0.15, 0.2) is 60.5 Å². The third-order valence-electron chi connectivity index (χ3n) is 4.11. The number of H-pyrrole nitrogens is 1. The van der Waals surface area contributed by atoms with Crippen molar-refractivity contribution in [2.75, 3.05) is 0 Å². The minimum Gasteiger partial charge on any atom is -1.00 e. The van der Waals surface area contributed by atoms with E-state index >= 15 is 0 Å². The lowest BCUT2D eigenvalue weighted by molar-refractivity contribution is -0.539. The van der Waals surface area contributed by atoms with E-state index < -0.39 is 0 Å². The van der Waals surface area contributed by atoms with E-state index in [0.717, 1.165) is 11.0 Å². The molecule has 0 radical (unpaired) electrons. The van der Waals surface area contributed by atoms with Gasteiger partial charge in [-0.3, -0.25) is 0 Å². The molecule has 0 amide bonds. The SMILES string of the molecule is CC1=CC=CC(C)(C=C[n+]2c[nH]c3ccccc32)C1N.[I-]. The van der Waals surface area contributed by atoms with Crippen LogP contribution in [0.2, 0.25) is 0 Å². The Morgan fingerprint density at radius 1 is 1.33 bits per heavy atom. The lowest BCUT2D eigenvalue weighted by atomic mass is 9.76. The van der Waals surface area contributed by atoms with Crippen LogP contribution in [0.5, 0.6) is 0 Å². The highest BCUT2D eigenvalue weighted by Crippen LogP contribution is 2.31. The number of allylic oxidation sites excluding steroid dienone is 2. The van der Waals surface area contributed by atoms with Crippen molar-refractivity contribution in [2.45, 2.75) is 19.9 Å². The summed E-state index contributed by atoms with van der Waals surface area (Å²) in [6.07, 6.45) is 12.6. The van der Waals surface area contributed by atoms with Gasteiger partial charge in [0.15, 0.2) is 11.0 Å². The Bertz CT molecular complexity index is 726. The summed E-state index contributed by atoms with van der Waals surface area (Å²) in [5, 5.41) is 0. The van der Waals surface area contributed by atoms with Crippen LogP contribution >= 0.6 is 0 Å². The number of rotatable bonds is 2. The van der Waals surface area contributed by atoms with Crippen molar-refractivity contribution < 1.29 is 28.5 Å². The standard InChI is InChI=1S/C17H19N3.HI/c1-13-6-5-9-17(2,16(13)18)10-11-20-12-19-14-7-3-4-8-15(14)20;/h3-12,16H,18H2,1-2H3;1H. The van der Waals surface area contributed by atoms with Crippen molar-refractivity contribution >= 4 is 17.2 Å². The van der Waals surface area contributed by atoms with E-state index in [0.29, 0.717) is 0 Å². The average molecular weight is 393 g/mol. The molecule has 0 aliphatic heterocycles. The Morgan fingerprint density at radius 2 is 2.10 bits per heavy atom. The van der Waals surface area contributed by atoms with E-state index in [1.807, 2.05) is 18.5 Å². The Kier molecular flexibility index (Phi) is 4.68. The van der Waals surface area contributed by atoms with E-state index in [2.05, 4.69) is 66.0 Å². The largest absolute Gasteiger partial charge is 1.00 e. The van der Waals surface area contributed by atoms with Crippen LogP contribution < -0.4 is 34.3 Å². The monoisotopic (exact) mass is 393 g/mol. The number of aromatic nitrogens is 2. The molecular weight excluding hydrogens is 373 g/mol. The highest BCUT2D eigenvalue weighted by Gasteiger charge is 2.29. The number of aromatic amines is 1. The van der Waals surface area contributed by atoms with Gasteiger partial charge in [0.05, 0.1) is 6.20 Å². The number of fused-ring (bicyclic) bond motifs is 1. The van der Waals surface area contributed by atoms with Crippen LogP contribution in [0.3, 0.4) is 0 Å². The van der Waals surface area contributed by atoms with Crippen LogP contribution in [0.1, 0.15) is 13.8 Å². The molecule has 21 heavy (non-hydrogen) atoms. The number of nitrogens with zero attached hydrogens (tertiary/aromatic N) is 1. The molecule has 0 saturated heterocycles. The zero-order valence-corrected chi connectivity index (χ0v) is 14.4. The molecule has 0 spiro atoms. The first-order valence-electron chi connectivity index (χ1n) is 6.88. The number of benzene rings is 1. The fourth-order valence-electron chi connectivity index (χ4n) is 2.66. The van der Waals surface area contributed by atoms with Gasteiger partial charge in [0.1, 0.15) is 0 Å². The van der Waals surface area contributed by atoms with Gasteiger partial charge in [0, 0.05) is 11.5 Å². The summed E-state index contributed by atoms with van der Waals surface area (Å²) >= 11 is 0. The molecule has 1 aromatic heterocycles. The van der Waals surface area contributed by atoms with E-state index in [4.69, 9.17) is 5.73 Å². The molecule has 2 aromatic rings. The zero-order valence-electron chi connectivity index (χ0n) is 12.3. The summed E-state index contributed by atoms with van der Waals surface area (Å²) < 4.78 is 2.09. The quantitative estimate of drug-likeness (QED) is 0.538. The topological polar surface area (TPSA) is 45.7 Å². The van der Waals surface area contributed by atoms with E-state index in [1.54, 1.807) is 0 Å². The first-order chi connectivity index (χ1) is 9.60. The molecule has 110 valence electrons. The van der Waals surface area contributed by atoms with Crippen LogP contribution in [-0.4, -0.2) is 11.0 Å². The minimum absolute atomic E-state index is 0. The van der Waals surface area contributed by atoms with Gasteiger partial charge >= 0.3 is 0 Å². The Hall–Kier alpha value is -1.40. The van der Waals surface area contributed by atoms with Crippen LogP contribution in [0, 0.1) is 5.41 Å². The smallest absolute Gasteiger partial charge is 0.247 e. The molecule has 1 aliphatic carbocycles. The number of hydrogen-bond donors (Lipinski definition) is 2. The summed E-state index contributed by atoms with van der Waals surface area (Å²) in [4.78, 5) is 3.26. The molecule has 3 N–H and O–H groups in total. The van der Waals surface area contributed by atoms with Crippen molar-refractivity contribution in [3.8, 4) is 0 Å². The number of nitrogens with two attached hydrogens (primary N) is 1. The molecule has 0 fully saturated rings. The summed E-state index contributed by atoms with van der Waals surface area (Å²) in [7, 11) is 0. The maximum Gasteiger partial charge on any atom is 0.247 e. The first kappa shape index (κ1) is 16.0. The van der Waals surface area contributed by atoms with Crippen LogP contribution in [-0.2, 0) is 0 Å². The normalized spacial score (nSPS) is 25.1. The maximum absolute atomic E-state index is 6.32. The fourth-order valence-corrected chi connectivity index (χ4v) is 2.66. The van der Waals surface area contributed by atoms with Crippen LogP contribution in [0.4, 0.5) is 0 Å². The lowest BCUT2D eigenvalue weighted by Gasteiger charge is -2.32. The zero-order chi connectivity index (χ0) is 14.2. The molecule has 1 aromatic carbocycles. The van der Waals surface area contributed by atoms with E-state index in [-0.39, 0.29) is 35.4 Å². The van der Waals surface area contributed by atoms with Crippen molar-refractivity contribution in [1.29, 1.82) is 0 Å². The molecule has 3 nitrogen and oxygen atoms in total. The molecule has 3 rings (SSSR count). The van der Waals surface area contributed by atoms with Crippen LogP contribution in [0.25, 0.3) is 17.2 Å². The Labute approximate surface area is 142 Å². The second-order valence-corrected chi connectivity index (χ2v) is 5.63. The summed E-state index contributed by atoms with van der Waals surface area (Å²) in [5.41, 5.74) is 9.67. The molecule has 2 unspecified atom stereocenters. The van der Waals surface area contributed by atoms with Crippen molar-refractivity contribution in [2.24, 2.45) is 11.1 Å². The van der Waals surface area contributed by atoms with Crippen molar-refractivity contribution in [3.05, 3.63) is 60.5 Å². The van der Waals surface area contributed by atoms with Crippen molar-refractivity contribution in [1.82, 2.24) is 4.98 Å². The molecule has 1 aliphatic rings. The molecule has 1 heterocycles. The molecule has 0 bridgehead atoms. The summed E-state index contributed by atoms with van der Waals surface area (Å²) in [5.74, 6) is 0. The average Bonchev–Trinajstić information content (AvgIpc) is 2.86. The number of para-hydroxylation sites is 2. The van der Waals surface area contributed by atoms with Gasteiger partial charge in [-0.2, -0.15) is 0 Å². The summed E-state index contributed by atoms with van der Waals surface area (Å²) in [6.45, 7) is 4.25. The molecular formula is C17H20IN3. The van der Waals surface area contributed by atoms with Gasteiger partial charge in [0.25, 0.3) is 0 Å².